The zero-order valence-electron chi connectivity index (χ0n) is 10.8. The lowest BCUT2D eigenvalue weighted by Gasteiger charge is -2.07. The summed E-state index contributed by atoms with van der Waals surface area (Å²) in [6.45, 7) is 5.71. The van der Waals surface area contributed by atoms with Crippen molar-refractivity contribution in [2.75, 3.05) is 6.54 Å². The van der Waals surface area contributed by atoms with Gasteiger partial charge in [0.25, 0.3) is 0 Å². The zero-order chi connectivity index (χ0) is 13.0. The molecule has 0 saturated heterocycles. The van der Waals surface area contributed by atoms with E-state index >= 15 is 0 Å². The predicted octanol–water partition coefficient (Wildman–Crippen LogP) is 3.91. The lowest BCUT2D eigenvalue weighted by atomic mass is 10.0. The second-order valence-electron chi connectivity index (χ2n) is 4.44. The molecule has 0 atom stereocenters. The minimum atomic E-state index is -0.150. The van der Waals surface area contributed by atoms with Crippen LogP contribution in [0.4, 0.5) is 4.39 Å². The van der Waals surface area contributed by atoms with Crippen LogP contribution >= 0.6 is 0 Å². The van der Waals surface area contributed by atoms with Crippen LogP contribution in [0.25, 0.3) is 11.1 Å². The highest BCUT2D eigenvalue weighted by Gasteiger charge is 2.02. The minimum absolute atomic E-state index is 0.150. The van der Waals surface area contributed by atoms with Crippen molar-refractivity contribution in [3.8, 4) is 11.1 Å². The van der Waals surface area contributed by atoms with E-state index in [2.05, 4.69) is 30.4 Å². The fraction of sp³-hybridized carbons (Fsp3) is 0.250. The van der Waals surface area contributed by atoms with E-state index in [4.69, 9.17) is 0 Å². The number of rotatable bonds is 4. The summed E-state index contributed by atoms with van der Waals surface area (Å²) < 4.78 is 13.3. The summed E-state index contributed by atoms with van der Waals surface area (Å²) in [4.78, 5) is 0. The molecule has 0 aliphatic heterocycles. The zero-order valence-corrected chi connectivity index (χ0v) is 10.8. The summed E-state index contributed by atoms with van der Waals surface area (Å²) in [5, 5.41) is 3.30. The Labute approximate surface area is 108 Å². The molecule has 2 aromatic rings. The van der Waals surface area contributed by atoms with Crippen LogP contribution in [0.15, 0.2) is 42.5 Å². The number of aryl methyl sites for hydroxylation is 1. The highest BCUT2D eigenvalue weighted by atomic mass is 19.1. The van der Waals surface area contributed by atoms with Crippen molar-refractivity contribution in [2.45, 2.75) is 20.4 Å². The van der Waals surface area contributed by atoms with Crippen LogP contribution in [-0.4, -0.2) is 6.54 Å². The quantitative estimate of drug-likeness (QED) is 0.858. The molecule has 0 fully saturated rings. The predicted molar refractivity (Wildman–Crippen MR) is 74.0 cm³/mol. The first kappa shape index (κ1) is 12.8. The molecule has 0 aromatic heterocycles. The van der Waals surface area contributed by atoms with Gasteiger partial charge in [0.1, 0.15) is 5.82 Å². The average Bonchev–Trinajstić information content (AvgIpc) is 2.40. The van der Waals surface area contributed by atoms with Gasteiger partial charge < -0.3 is 5.32 Å². The van der Waals surface area contributed by atoms with Crippen molar-refractivity contribution in [2.24, 2.45) is 0 Å². The Morgan fingerprint density at radius 3 is 2.56 bits per heavy atom. The molecule has 2 heteroatoms. The van der Waals surface area contributed by atoms with E-state index in [1.165, 1.54) is 11.6 Å². The van der Waals surface area contributed by atoms with Crippen molar-refractivity contribution >= 4 is 0 Å². The Bertz CT molecular complexity index is 534. The molecule has 0 aliphatic rings. The number of nitrogens with one attached hydrogen (secondary N) is 1. The van der Waals surface area contributed by atoms with Crippen molar-refractivity contribution in [3.63, 3.8) is 0 Å². The van der Waals surface area contributed by atoms with Gasteiger partial charge in [0, 0.05) is 6.54 Å². The maximum atomic E-state index is 13.3. The first-order chi connectivity index (χ1) is 8.70. The van der Waals surface area contributed by atoms with Crippen LogP contribution in [0, 0.1) is 12.7 Å². The Kier molecular flexibility index (Phi) is 4.11. The minimum Gasteiger partial charge on any atom is -0.313 e. The number of benzene rings is 2. The Morgan fingerprint density at radius 2 is 1.83 bits per heavy atom. The molecule has 0 radical (unpaired) electrons. The van der Waals surface area contributed by atoms with Gasteiger partial charge in [-0.15, -0.1) is 0 Å². The molecule has 2 aromatic carbocycles. The van der Waals surface area contributed by atoms with Crippen molar-refractivity contribution < 1.29 is 4.39 Å². The van der Waals surface area contributed by atoms with Crippen molar-refractivity contribution in [1.82, 2.24) is 5.32 Å². The molecular formula is C16H18FN. The monoisotopic (exact) mass is 243 g/mol. The third kappa shape index (κ3) is 2.96. The molecule has 0 bridgehead atoms. The smallest absolute Gasteiger partial charge is 0.126 e. The second kappa shape index (κ2) is 5.78. The Balaban J connectivity index is 2.29. The van der Waals surface area contributed by atoms with Gasteiger partial charge in [-0.05, 0) is 53.9 Å². The summed E-state index contributed by atoms with van der Waals surface area (Å²) in [5.74, 6) is -0.150. The lowest BCUT2D eigenvalue weighted by molar-refractivity contribution is 0.619. The SMILES string of the molecule is CCNCc1cccc(-c2ccc(F)c(C)c2)c1. The Hall–Kier alpha value is -1.67. The van der Waals surface area contributed by atoms with Gasteiger partial charge in [0.05, 0.1) is 0 Å². The standard InChI is InChI=1S/C16H18FN/c1-3-18-11-13-5-4-6-14(10-13)15-7-8-16(17)12(2)9-15/h4-10,18H,3,11H2,1-2H3. The first-order valence-corrected chi connectivity index (χ1v) is 6.27. The molecule has 2 rings (SSSR count). The first-order valence-electron chi connectivity index (χ1n) is 6.27. The normalized spacial score (nSPS) is 10.6. The molecule has 1 nitrogen and oxygen atoms in total. The maximum absolute atomic E-state index is 13.3. The maximum Gasteiger partial charge on any atom is 0.126 e. The van der Waals surface area contributed by atoms with E-state index in [1.54, 1.807) is 6.92 Å². The van der Waals surface area contributed by atoms with E-state index < -0.39 is 0 Å². The van der Waals surface area contributed by atoms with Gasteiger partial charge in [-0.25, -0.2) is 4.39 Å². The highest BCUT2D eigenvalue weighted by Crippen LogP contribution is 2.22. The third-order valence-corrected chi connectivity index (χ3v) is 3.00. The number of hydrogen-bond acceptors (Lipinski definition) is 1. The number of halogens is 1. The van der Waals surface area contributed by atoms with Crippen LogP contribution in [-0.2, 0) is 6.54 Å². The molecule has 0 unspecified atom stereocenters. The summed E-state index contributed by atoms with van der Waals surface area (Å²) in [6, 6.07) is 13.6. The molecular weight excluding hydrogens is 225 g/mol. The summed E-state index contributed by atoms with van der Waals surface area (Å²) >= 11 is 0. The molecule has 0 saturated carbocycles. The summed E-state index contributed by atoms with van der Waals surface area (Å²) in [7, 11) is 0. The van der Waals surface area contributed by atoms with E-state index in [1.807, 2.05) is 18.2 Å². The van der Waals surface area contributed by atoms with Crippen molar-refractivity contribution in [1.29, 1.82) is 0 Å². The van der Waals surface area contributed by atoms with E-state index in [9.17, 15) is 4.39 Å². The van der Waals surface area contributed by atoms with Crippen LogP contribution in [0.2, 0.25) is 0 Å². The van der Waals surface area contributed by atoms with Gasteiger partial charge in [0.2, 0.25) is 0 Å². The van der Waals surface area contributed by atoms with Gasteiger partial charge in [-0.2, -0.15) is 0 Å². The van der Waals surface area contributed by atoms with Gasteiger partial charge in [-0.3, -0.25) is 0 Å². The lowest BCUT2D eigenvalue weighted by Crippen LogP contribution is -2.11. The van der Waals surface area contributed by atoms with E-state index in [-0.39, 0.29) is 5.82 Å². The summed E-state index contributed by atoms with van der Waals surface area (Å²) in [6.07, 6.45) is 0. The van der Waals surface area contributed by atoms with Gasteiger partial charge in [-0.1, -0.05) is 31.2 Å². The van der Waals surface area contributed by atoms with Crippen LogP contribution in [0.1, 0.15) is 18.1 Å². The Morgan fingerprint density at radius 1 is 1.06 bits per heavy atom. The molecule has 0 spiro atoms. The van der Waals surface area contributed by atoms with Crippen LogP contribution in [0.5, 0.6) is 0 Å². The van der Waals surface area contributed by atoms with Gasteiger partial charge in [0.15, 0.2) is 0 Å². The van der Waals surface area contributed by atoms with E-state index in [0.717, 1.165) is 24.2 Å². The van der Waals surface area contributed by atoms with Crippen LogP contribution in [0.3, 0.4) is 0 Å². The average molecular weight is 243 g/mol. The molecule has 0 aliphatic carbocycles. The fourth-order valence-electron chi connectivity index (χ4n) is 1.95. The summed E-state index contributed by atoms with van der Waals surface area (Å²) in [5.41, 5.74) is 4.13. The molecule has 18 heavy (non-hydrogen) atoms. The molecule has 94 valence electrons. The molecule has 0 heterocycles. The van der Waals surface area contributed by atoms with Gasteiger partial charge >= 0.3 is 0 Å². The largest absolute Gasteiger partial charge is 0.313 e. The second-order valence-corrected chi connectivity index (χ2v) is 4.44. The molecule has 1 N–H and O–H groups in total. The third-order valence-electron chi connectivity index (χ3n) is 3.00. The molecule has 0 amide bonds. The topological polar surface area (TPSA) is 12.0 Å². The highest BCUT2D eigenvalue weighted by molar-refractivity contribution is 5.65. The van der Waals surface area contributed by atoms with Crippen molar-refractivity contribution in [3.05, 3.63) is 59.4 Å². The fourth-order valence-corrected chi connectivity index (χ4v) is 1.95. The number of hydrogen-bond donors (Lipinski definition) is 1. The van der Waals surface area contributed by atoms with Crippen LogP contribution < -0.4 is 5.32 Å². The van der Waals surface area contributed by atoms with E-state index in [0.29, 0.717) is 5.56 Å².